The fraction of sp³-hybridized carbons (Fsp3) is 0.788. The molecule has 27 heteroatoms. The first-order valence-corrected chi connectivity index (χ1v) is 32.6. The highest BCUT2D eigenvalue weighted by molar-refractivity contribution is 6.39. The number of esters is 1. The van der Waals surface area contributed by atoms with Gasteiger partial charge in [-0.3, -0.25) is 19.2 Å². The first-order chi connectivity index (χ1) is 44.1. The van der Waals surface area contributed by atoms with Crippen molar-refractivity contribution in [2.45, 2.75) is 235 Å². The van der Waals surface area contributed by atoms with Crippen LogP contribution in [0.4, 0.5) is 4.79 Å². The summed E-state index contributed by atoms with van der Waals surface area (Å²) < 4.78 is 63.8. The fourth-order valence-electron chi connectivity index (χ4n) is 13.4. The van der Waals surface area contributed by atoms with Crippen molar-refractivity contribution in [2.24, 2.45) is 35.5 Å². The predicted octanol–water partition coefficient (Wildman–Crippen LogP) is 1.98. The van der Waals surface area contributed by atoms with Gasteiger partial charge in [0.1, 0.15) is 60.7 Å². The molecule has 0 aromatic rings. The van der Waals surface area contributed by atoms with Gasteiger partial charge in [0, 0.05) is 58.5 Å². The van der Waals surface area contributed by atoms with Crippen molar-refractivity contribution < 1.29 is 127 Å². The summed E-state index contributed by atoms with van der Waals surface area (Å²) in [5.41, 5.74) is 0.895. The first kappa shape index (κ1) is 77.5. The fourth-order valence-corrected chi connectivity index (χ4v) is 13.4. The summed E-state index contributed by atoms with van der Waals surface area (Å²) in [7, 11) is 4.32. The van der Waals surface area contributed by atoms with Gasteiger partial charge in [-0.25, -0.2) is 9.59 Å². The average Bonchev–Trinajstić information content (AvgIpc) is 0.790. The van der Waals surface area contributed by atoms with Gasteiger partial charge in [0.05, 0.1) is 50.8 Å². The van der Waals surface area contributed by atoms with E-state index in [1.807, 2.05) is 32.9 Å². The van der Waals surface area contributed by atoms with E-state index in [9.17, 15) is 74.7 Å². The van der Waals surface area contributed by atoms with E-state index < -0.39 is 176 Å². The molecule has 6 rings (SSSR count). The number of hydrogen-bond acceptors (Lipinski definition) is 26. The van der Waals surface area contributed by atoms with Crippen LogP contribution < -0.4 is 0 Å². The van der Waals surface area contributed by atoms with Crippen LogP contribution in [0.25, 0.3) is 0 Å². The second-order valence-electron chi connectivity index (χ2n) is 26.3. The largest absolute Gasteiger partial charge is 0.509 e. The molecule has 2 bridgehead atoms. The van der Waals surface area contributed by atoms with E-state index in [2.05, 4.69) is 0 Å². The summed E-state index contributed by atoms with van der Waals surface area (Å²) in [6, 6.07) is -1.28. The van der Waals surface area contributed by atoms with Gasteiger partial charge >= 0.3 is 12.1 Å². The Hall–Kier alpha value is -4.50. The molecule has 5 fully saturated rings. The number of rotatable bonds is 15. The Labute approximate surface area is 544 Å². The Kier molecular flexibility index (Phi) is 29.7. The lowest BCUT2D eigenvalue weighted by Crippen LogP contribution is -2.67. The second-order valence-corrected chi connectivity index (χ2v) is 26.3. The molecule has 6 aliphatic rings. The number of carbonyl (C=O) groups excluding carboxylic acids is 6. The van der Waals surface area contributed by atoms with Gasteiger partial charge in [-0.1, -0.05) is 71.1 Å². The van der Waals surface area contributed by atoms with Crippen LogP contribution in [0.5, 0.6) is 0 Å². The minimum Gasteiger partial charge on any atom is -0.460 e. The van der Waals surface area contributed by atoms with Crippen LogP contribution in [0, 0.1) is 35.5 Å². The Morgan fingerprint density at radius 1 is 0.796 bits per heavy atom. The summed E-state index contributed by atoms with van der Waals surface area (Å²) in [6.07, 6.45) is -8.09. The predicted molar refractivity (Wildman–Crippen MR) is 328 cm³/mol. The number of hydrogen-bond donors (Lipinski definition) is 9. The number of carbonyl (C=O) groups is 6. The Balaban J connectivity index is 1.35. The molecule has 0 radical (unpaired) electrons. The molecule has 0 aromatic carbocycles. The van der Waals surface area contributed by atoms with E-state index >= 15 is 0 Å². The van der Waals surface area contributed by atoms with Crippen molar-refractivity contribution in [1.82, 2.24) is 4.90 Å². The highest BCUT2D eigenvalue weighted by Gasteiger charge is 2.56. The number of cyclic esters (lactones) is 1. The van der Waals surface area contributed by atoms with Gasteiger partial charge in [0.2, 0.25) is 11.6 Å². The number of methoxy groups -OCH3 is 3. The number of allylic oxidation sites excluding steroid dienone is 6. The first-order valence-electron chi connectivity index (χ1n) is 32.6. The Morgan fingerprint density at radius 3 is 2.20 bits per heavy atom. The molecule has 24 atom stereocenters. The molecule has 1 amide bonds. The number of ether oxygens (including phenoxy) is 11. The molecular formula is C66H103NO26. The Bertz CT molecular complexity index is 2600. The topological polar surface area (TPSA) is 389 Å². The third-order valence-corrected chi connectivity index (χ3v) is 19.2. The highest BCUT2D eigenvalue weighted by atomic mass is 16.8. The standard InChI is InChI=1S/C66H103NO26/c1-35-16-12-11-13-17-36(2)48(83-8)30-43-21-19-41(7)66(82,93-43)59(77)61(78)67-23-15-14-18-44(67)62(79)89-49(38(4)28-42-20-22-47(86-25-24-68)50(29-42)84-9)31-45(70)37(3)27-40(6)57(58(85-10)52(72)39(5)26-35)91-64(80)87-34-65(81)60(53(73)46(71)33-88-65)92-63-56(76)55(75)54(74)51(32-69)90-63/h11-13,16-17,27,35,37-39,41-44,46-51,53-58,60,63,68-69,71,73-76,81-82H,14-15,18-26,28-34H2,1-10H3/b13-11+,16-12-,36-17+,40-27+/t35-,37-,38-,39-,41-,42?,43+,44?,46-,47-,48+,49+,50-,51-,53-,54-,55+,56-,57-,58+,60+,63-,65+,66-/m1/s1. The van der Waals surface area contributed by atoms with E-state index in [1.165, 1.54) is 27.2 Å². The Morgan fingerprint density at radius 2 is 1.53 bits per heavy atom. The van der Waals surface area contributed by atoms with Crippen molar-refractivity contribution in [3.8, 4) is 0 Å². The number of ketones is 3. The lowest BCUT2D eigenvalue weighted by atomic mass is 9.78. The molecule has 0 spiro atoms. The van der Waals surface area contributed by atoms with Gasteiger partial charge in [0.15, 0.2) is 30.9 Å². The number of amides is 1. The summed E-state index contributed by atoms with van der Waals surface area (Å²) >= 11 is 0. The van der Waals surface area contributed by atoms with E-state index in [-0.39, 0.29) is 75.1 Å². The summed E-state index contributed by atoms with van der Waals surface area (Å²) in [6.45, 7) is 9.03. The monoisotopic (exact) mass is 1330 g/mol. The number of nitrogens with zero attached hydrogens (tertiary/aromatic N) is 1. The molecule has 5 heterocycles. The summed E-state index contributed by atoms with van der Waals surface area (Å²) in [5.74, 6) is -12.9. The van der Waals surface area contributed by atoms with Crippen LogP contribution >= 0.6 is 0 Å². The quantitative estimate of drug-likeness (QED) is 0.0643. The van der Waals surface area contributed by atoms with Crippen molar-refractivity contribution in [3.63, 3.8) is 0 Å². The third kappa shape index (κ3) is 19.9. The third-order valence-electron chi connectivity index (χ3n) is 19.2. The van der Waals surface area contributed by atoms with Crippen LogP contribution in [0.1, 0.15) is 126 Å². The maximum absolute atomic E-state index is 14.9. The van der Waals surface area contributed by atoms with Crippen LogP contribution in [0.15, 0.2) is 47.6 Å². The molecule has 5 aliphatic heterocycles. The van der Waals surface area contributed by atoms with Gasteiger partial charge < -0.3 is 103 Å². The van der Waals surface area contributed by atoms with Crippen molar-refractivity contribution in [3.05, 3.63) is 47.6 Å². The molecule has 27 nitrogen and oxygen atoms in total. The van der Waals surface area contributed by atoms with Gasteiger partial charge in [-0.15, -0.1) is 0 Å². The highest BCUT2D eigenvalue weighted by Crippen LogP contribution is 2.39. The van der Waals surface area contributed by atoms with E-state index in [1.54, 1.807) is 46.1 Å². The minimum absolute atomic E-state index is 0.00392. The number of piperidine rings is 1. The zero-order valence-electron chi connectivity index (χ0n) is 55.3. The SMILES string of the molecule is CO[C@H]1C[C@@H]2CC[C@@H](C)[C@@](O)(O2)C(=O)C(=O)N2CCCCC2C(=O)O[C@H]([C@H](C)CC2CC[C@@H](OCCO)[C@H](OC)C2)CC(=O)[C@H](C)/C=C(\C)[C@@H](OC(=O)OC[C@]2(O)OC[C@@H](O)[C@@H](O)[C@@H]2O[C@H]2O[C@H](CO)[C@@H](O)[C@H](O)[C@H]2O)[C@@H](OC)C(=O)[C@H](C)C[C@H](C)\C=C/C=C/C=C/1C. The molecule has 93 heavy (non-hydrogen) atoms. The molecular weight excluding hydrogens is 1220 g/mol. The maximum Gasteiger partial charge on any atom is 0.509 e. The van der Waals surface area contributed by atoms with E-state index in [0.29, 0.717) is 51.4 Å². The second kappa shape index (κ2) is 35.7. The minimum atomic E-state index is -2.86. The van der Waals surface area contributed by atoms with Crippen LogP contribution in [-0.2, 0) is 76.1 Å². The van der Waals surface area contributed by atoms with Gasteiger partial charge in [0.25, 0.3) is 11.7 Å². The van der Waals surface area contributed by atoms with Crippen LogP contribution in [0.3, 0.4) is 0 Å². The summed E-state index contributed by atoms with van der Waals surface area (Å²) in [5, 5.41) is 96.4. The normalized spacial score (nSPS) is 41.7. The van der Waals surface area contributed by atoms with Gasteiger partial charge in [-0.05, 0) is 107 Å². The van der Waals surface area contributed by atoms with Crippen molar-refractivity contribution >= 4 is 35.4 Å². The molecule has 0 aromatic heterocycles. The lowest BCUT2D eigenvalue weighted by molar-refractivity contribution is -0.387. The molecule has 4 saturated heterocycles. The molecule has 9 N–H and O–H groups in total. The van der Waals surface area contributed by atoms with Crippen LogP contribution in [-0.4, -0.2) is 257 Å². The van der Waals surface area contributed by atoms with E-state index in [0.717, 1.165) is 10.5 Å². The number of aliphatic hydroxyl groups is 9. The molecule has 2 unspecified atom stereocenters. The number of fused-ring (bicyclic) bond motifs is 3. The molecule has 1 saturated carbocycles. The molecule has 528 valence electrons. The van der Waals surface area contributed by atoms with Crippen LogP contribution in [0.2, 0.25) is 0 Å². The zero-order valence-corrected chi connectivity index (χ0v) is 55.3. The maximum atomic E-state index is 14.9. The number of aliphatic hydroxyl groups excluding tert-OH is 7. The number of Topliss-reactive ketones (excluding diaryl/α,β-unsaturated/α-hetero) is 3. The zero-order chi connectivity index (χ0) is 68.6. The van der Waals surface area contributed by atoms with Crippen molar-refractivity contribution in [2.75, 3.05) is 60.9 Å². The average molecular weight is 1330 g/mol. The van der Waals surface area contributed by atoms with Crippen molar-refractivity contribution in [1.29, 1.82) is 0 Å². The smallest absolute Gasteiger partial charge is 0.460 e. The van der Waals surface area contributed by atoms with Gasteiger partial charge in [-0.2, -0.15) is 0 Å². The summed E-state index contributed by atoms with van der Waals surface area (Å²) in [4.78, 5) is 88.6. The lowest BCUT2D eigenvalue weighted by Gasteiger charge is -2.47. The van der Waals surface area contributed by atoms with E-state index in [4.69, 9.17) is 52.1 Å². The molecule has 1 aliphatic carbocycles.